The zero-order valence-electron chi connectivity index (χ0n) is 9.38. The molecule has 1 aliphatic carbocycles. The van der Waals surface area contributed by atoms with Crippen molar-refractivity contribution < 1.29 is 5.11 Å². The van der Waals surface area contributed by atoms with E-state index in [2.05, 4.69) is 5.32 Å². The van der Waals surface area contributed by atoms with Crippen molar-refractivity contribution in [3.05, 3.63) is 29.3 Å². The van der Waals surface area contributed by atoms with Crippen LogP contribution in [0.1, 0.15) is 32.1 Å². The predicted octanol–water partition coefficient (Wildman–Crippen LogP) is 3.45. The molecule has 1 aromatic carbocycles. The number of nitrogens with one attached hydrogen (secondary N) is 1. The van der Waals surface area contributed by atoms with E-state index < -0.39 is 0 Å². The number of hydrogen-bond donors (Lipinski definition) is 2. The van der Waals surface area contributed by atoms with Gasteiger partial charge in [0.2, 0.25) is 0 Å². The lowest BCUT2D eigenvalue weighted by molar-refractivity contribution is 0.173. The van der Waals surface area contributed by atoms with Gasteiger partial charge in [-0.05, 0) is 25.0 Å². The highest BCUT2D eigenvalue weighted by Gasteiger charge is 2.31. The van der Waals surface area contributed by atoms with Crippen LogP contribution in [0.5, 0.6) is 0 Å². The van der Waals surface area contributed by atoms with Crippen LogP contribution in [-0.4, -0.2) is 17.3 Å². The zero-order chi connectivity index (χ0) is 11.4. The normalized spacial score (nSPS) is 19.4. The quantitative estimate of drug-likeness (QED) is 0.847. The van der Waals surface area contributed by atoms with Gasteiger partial charge in [-0.1, -0.05) is 43.0 Å². The second kappa shape index (κ2) is 5.07. The fraction of sp³-hybridized carbons (Fsp3) is 0.538. The number of benzene rings is 1. The fourth-order valence-electron chi connectivity index (χ4n) is 2.40. The van der Waals surface area contributed by atoms with E-state index in [1.807, 2.05) is 24.3 Å². The van der Waals surface area contributed by atoms with Crippen LogP contribution >= 0.6 is 11.6 Å². The summed E-state index contributed by atoms with van der Waals surface area (Å²) in [5.74, 6) is 0. The molecule has 1 aliphatic rings. The van der Waals surface area contributed by atoms with Crippen LogP contribution in [0, 0.1) is 0 Å². The lowest BCUT2D eigenvalue weighted by Crippen LogP contribution is -2.43. The Morgan fingerprint density at radius 1 is 1.19 bits per heavy atom. The van der Waals surface area contributed by atoms with E-state index in [0.717, 1.165) is 23.6 Å². The molecule has 88 valence electrons. The molecule has 2 rings (SSSR count). The van der Waals surface area contributed by atoms with Crippen molar-refractivity contribution in [2.45, 2.75) is 37.6 Å². The molecule has 0 heterocycles. The molecule has 0 unspecified atom stereocenters. The number of anilines is 1. The summed E-state index contributed by atoms with van der Waals surface area (Å²) in [6.07, 6.45) is 5.67. The number of aliphatic hydroxyl groups is 1. The molecule has 0 bridgehead atoms. The smallest absolute Gasteiger partial charge is 0.0661 e. The first-order valence-corrected chi connectivity index (χ1v) is 6.27. The molecule has 0 spiro atoms. The van der Waals surface area contributed by atoms with Crippen LogP contribution < -0.4 is 5.32 Å². The molecule has 1 saturated carbocycles. The highest BCUT2D eigenvalue weighted by molar-refractivity contribution is 6.33. The number of halogens is 1. The van der Waals surface area contributed by atoms with Gasteiger partial charge in [-0.3, -0.25) is 0 Å². The minimum atomic E-state index is -0.163. The van der Waals surface area contributed by atoms with E-state index in [9.17, 15) is 5.11 Å². The van der Waals surface area contributed by atoms with Crippen LogP contribution in [0.15, 0.2) is 24.3 Å². The standard InChI is InChI=1S/C13H18ClNO/c14-11-6-2-3-7-12(11)15-13(10-16)8-4-1-5-9-13/h2-3,6-7,15-16H,1,4-5,8-10H2. The van der Waals surface area contributed by atoms with Crippen molar-refractivity contribution in [1.29, 1.82) is 0 Å². The molecule has 0 radical (unpaired) electrons. The molecule has 0 aliphatic heterocycles. The van der Waals surface area contributed by atoms with Gasteiger partial charge in [0, 0.05) is 0 Å². The average molecular weight is 240 g/mol. The molecule has 2 nitrogen and oxygen atoms in total. The number of hydrogen-bond acceptors (Lipinski definition) is 2. The average Bonchev–Trinajstić information content (AvgIpc) is 2.33. The number of aliphatic hydroxyl groups excluding tert-OH is 1. The van der Waals surface area contributed by atoms with Crippen molar-refractivity contribution in [2.75, 3.05) is 11.9 Å². The van der Waals surface area contributed by atoms with Crippen molar-refractivity contribution in [3.8, 4) is 0 Å². The van der Waals surface area contributed by atoms with Crippen molar-refractivity contribution in [1.82, 2.24) is 0 Å². The van der Waals surface area contributed by atoms with Gasteiger partial charge in [0.15, 0.2) is 0 Å². The Morgan fingerprint density at radius 3 is 2.50 bits per heavy atom. The molecule has 0 amide bonds. The summed E-state index contributed by atoms with van der Waals surface area (Å²) in [5.41, 5.74) is 0.767. The Kier molecular flexibility index (Phi) is 3.72. The summed E-state index contributed by atoms with van der Waals surface area (Å²) < 4.78 is 0. The van der Waals surface area contributed by atoms with Gasteiger partial charge < -0.3 is 10.4 Å². The topological polar surface area (TPSA) is 32.3 Å². The molecule has 1 aromatic rings. The SMILES string of the molecule is OCC1(Nc2ccccc2Cl)CCCCC1. The van der Waals surface area contributed by atoms with E-state index in [4.69, 9.17) is 11.6 Å². The molecular formula is C13H18ClNO. The molecular weight excluding hydrogens is 222 g/mol. The van der Waals surface area contributed by atoms with Crippen LogP contribution in [0.3, 0.4) is 0 Å². The lowest BCUT2D eigenvalue weighted by Gasteiger charge is -2.37. The first-order valence-electron chi connectivity index (χ1n) is 5.89. The largest absolute Gasteiger partial charge is 0.394 e. The minimum absolute atomic E-state index is 0.163. The maximum Gasteiger partial charge on any atom is 0.0661 e. The highest BCUT2D eigenvalue weighted by atomic mass is 35.5. The van der Waals surface area contributed by atoms with E-state index in [0.29, 0.717) is 0 Å². The Hall–Kier alpha value is -0.730. The molecule has 0 aromatic heterocycles. The molecule has 3 heteroatoms. The third-order valence-electron chi connectivity index (χ3n) is 3.39. The van der Waals surface area contributed by atoms with Crippen LogP contribution in [0.25, 0.3) is 0 Å². The van der Waals surface area contributed by atoms with Gasteiger partial charge in [-0.25, -0.2) is 0 Å². The summed E-state index contributed by atoms with van der Waals surface area (Å²) in [6.45, 7) is 0.179. The van der Waals surface area contributed by atoms with Gasteiger partial charge >= 0.3 is 0 Å². The van der Waals surface area contributed by atoms with Crippen molar-refractivity contribution >= 4 is 17.3 Å². The number of rotatable bonds is 3. The number of para-hydroxylation sites is 1. The zero-order valence-corrected chi connectivity index (χ0v) is 10.1. The first-order chi connectivity index (χ1) is 7.76. The molecule has 2 N–H and O–H groups in total. The van der Waals surface area contributed by atoms with E-state index >= 15 is 0 Å². The maximum absolute atomic E-state index is 9.59. The summed E-state index contributed by atoms with van der Waals surface area (Å²) >= 11 is 6.12. The fourth-order valence-corrected chi connectivity index (χ4v) is 2.58. The van der Waals surface area contributed by atoms with Crippen molar-refractivity contribution in [3.63, 3.8) is 0 Å². The Bertz CT molecular complexity index is 348. The van der Waals surface area contributed by atoms with E-state index in [1.54, 1.807) is 0 Å². The summed E-state index contributed by atoms with van der Waals surface area (Å²) in [4.78, 5) is 0. The lowest BCUT2D eigenvalue weighted by atomic mass is 9.82. The van der Waals surface area contributed by atoms with Gasteiger partial charge in [-0.2, -0.15) is 0 Å². The Morgan fingerprint density at radius 2 is 1.88 bits per heavy atom. The monoisotopic (exact) mass is 239 g/mol. The summed E-state index contributed by atoms with van der Waals surface area (Å²) in [7, 11) is 0. The molecule has 0 atom stereocenters. The first kappa shape index (κ1) is 11.7. The second-order valence-corrected chi connectivity index (χ2v) is 5.01. The Balaban J connectivity index is 2.15. The summed E-state index contributed by atoms with van der Waals surface area (Å²) in [6, 6.07) is 7.72. The van der Waals surface area contributed by atoms with Crippen molar-refractivity contribution in [2.24, 2.45) is 0 Å². The highest BCUT2D eigenvalue weighted by Crippen LogP contribution is 2.33. The minimum Gasteiger partial charge on any atom is -0.394 e. The molecule has 16 heavy (non-hydrogen) atoms. The van der Waals surface area contributed by atoms with E-state index in [-0.39, 0.29) is 12.1 Å². The van der Waals surface area contributed by atoms with Gasteiger partial charge in [0.25, 0.3) is 0 Å². The second-order valence-electron chi connectivity index (χ2n) is 4.60. The molecule has 0 saturated heterocycles. The third-order valence-corrected chi connectivity index (χ3v) is 3.72. The van der Waals surface area contributed by atoms with Crippen LogP contribution in [0.4, 0.5) is 5.69 Å². The Labute approximate surface area is 102 Å². The van der Waals surface area contributed by atoms with Gasteiger partial charge in [0.05, 0.1) is 22.9 Å². The maximum atomic E-state index is 9.59. The van der Waals surface area contributed by atoms with E-state index in [1.165, 1.54) is 19.3 Å². The van der Waals surface area contributed by atoms with Gasteiger partial charge in [0.1, 0.15) is 0 Å². The van der Waals surface area contributed by atoms with Crippen LogP contribution in [0.2, 0.25) is 5.02 Å². The third kappa shape index (κ3) is 2.50. The van der Waals surface area contributed by atoms with Gasteiger partial charge in [-0.15, -0.1) is 0 Å². The summed E-state index contributed by atoms with van der Waals surface area (Å²) in [5, 5.41) is 13.7. The molecule has 1 fully saturated rings. The predicted molar refractivity (Wildman–Crippen MR) is 68.0 cm³/mol. The van der Waals surface area contributed by atoms with Crippen LogP contribution in [-0.2, 0) is 0 Å².